The Kier molecular flexibility index (Phi) is 0.893. The Balaban J connectivity index is 1.96. The smallest absolute Gasteiger partial charge is 0.0948 e. The van der Waals surface area contributed by atoms with Crippen LogP contribution in [-0.4, -0.2) is 11.7 Å². The SMILES string of the molecule is CC12CCC(C1)C1(C)OC1C2. The highest BCUT2D eigenvalue weighted by molar-refractivity contribution is 5.14. The van der Waals surface area contributed by atoms with Gasteiger partial charge in [-0.25, -0.2) is 0 Å². The minimum Gasteiger partial charge on any atom is -0.366 e. The summed E-state index contributed by atoms with van der Waals surface area (Å²) < 4.78 is 5.76. The molecular weight excluding hydrogens is 136 g/mol. The van der Waals surface area contributed by atoms with Crippen molar-refractivity contribution in [2.24, 2.45) is 11.3 Å². The third-order valence-corrected chi connectivity index (χ3v) is 4.30. The summed E-state index contributed by atoms with van der Waals surface area (Å²) >= 11 is 0. The number of hydrogen-bond acceptors (Lipinski definition) is 1. The van der Waals surface area contributed by atoms with Crippen LogP contribution in [0.3, 0.4) is 0 Å². The molecule has 2 aliphatic carbocycles. The van der Waals surface area contributed by atoms with Crippen LogP contribution in [0.2, 0.25) is 0 Å². The zero-order chi connectivity index (χ0) is 7.69. The van der Waals surface area contributed by atoms with Crippen LogP contribution in [0.25, 0.3) is 0 Å². The highest BCUT2D eigenvalue weighted by Gasteiger charge is 2.65. The van der Waals surface area contributed by atoms with Crippen LogP contribution in [0.1, 0.15) is 39.5 Å². The van der Waals surface area contributed by atoms with Crippen LogP contribution < -0.4 is 0 Å². The molecule has 4 atom stereocenters. The number of fused-ring (bicyclic) bond motifs is 4. The van der Waals surface area contributed by atoms with Crippen molar-refractivity contribution < 1.29 is 4.74 Å². The monoisotopic (exact) mass is 152 g/mol. The first-order chi connectivity index (χ1) is 5.12. The van der Waals surface area contributed by atoms with Crippen LogP contribution in [0.4, 0.5) is 0 Å². The summed E-state index contributed by atoms with van der Waals surface area (Å²) in [4.78, 5) is 0. The number of epoxide rings is 1. The van der Waals surface area contributed by atoms with Gasteiger partial charge in [-0.1, -0.05) is 6.92 Å². The first-order valence-corrected chi connectivity index (χ1v) is 4.80. The molecule has 0 aromatic carbocycles. The Morgan fingerprint density at radius 2 is 2.09 bits per heavy atom. The predicted molar refractivity (Wildman–Crippen MR) is 43.3 cm³/mol. The van der Waals surface area contributed by atoms with Crippen LogP contribution >= 0.6 is 0 Å². The van der Waals surface area contributed by atoms with Gasteiger partial charge in [-0.2, -0.15) is 0 Å². The third-order valence-electron chi connectivity index (χ3n) is 4.30. The zero-order valence-electron chi connectivity index (χ0n) is 7.39. The van der Waals surface area contributed by atoms with Crippen LogP contribution in [0, 0.1) is 11.3 Å². The molecule has 0 N–H and O–H groups in total. The molecule has 0 radical (unpaired) electrons. The Morgan fingerprint density at radius 3 is 2.91 bits per heavy atom. The Labute approximate surface area is 68.1 Å². The fraction of sp³-hybridized carbons (Fsp3) is 1.00. The van der Waals surface area contributed by atoms with E-state index in [1.807, 2.05) is 0 Å². The molecule has 11 heavy (non-hydrogen) atoms. The first-order valence-electron chi connectivity index (χ1n) is 4.80. The number of hydrogen-bond donors (Lipinski definition) is 0. The minimum atomic E-state index is 0.329. The number of ether oxygens (including phenoxy) is 1. The summed E-state index contributed by atoms with van der Waals surface area (Å²) in [5.41, 5.74) is 0.987. The molecule has 0 spiro atoms. The minimum absolute atomic E-state index is 0.329. The average molecular weight is 152 g/mol. The molecule has 2 saturated carbocycles. The van der Waals surface area contributed by atoms with Crippen molar-refractivity contribution in [3.05, 3.63) is 0 Å². The lowest BCUT2D eigenvalue weighted by atomic mass is 9.73. The lowest BCUT2D eigenvalue weighted by Crippen LogP contribution is -2.30. The lowest BCUT2D eigenvalue weighted by Gasteiger charge is -2.29. The van der Waals surface area contributed by atoms with E-state index in [9.17, 15) is 0 Å². The van der Waals surface area contributed by atoms with Crippen LogP contribution in [0.5, 0.6) is 0 Å². The Bertz CT molecular complexity index is 209. The van der Waals surface area contributed by atoms with Gasteiger partial charge in [0.2, 0.25) is 0 Å². The van der Waals surface area contributed by atoms with E-state index < -0.39 is 0 Å². The lowest BCUT2D eigenvalue weighted by molar-refractivity contribution is 0.224. The zero-order valence-corrected chi connectivity index (χ0v) is 7.39. The molecule has 1 nitrogen and oxygen atoms in total. The fourth-order valence-electron chi connectivity index (χ4n) is 3.32. The maximum Gasteiger partial charge on any atom is 0.0948 e. The van der Waals surface area contributed by atoms with Crippen molar-refractivity contribution in [1.29, 1.82) is 0 Å². The second kappa shape index (κ2) is 1.52. The van der Waals surface area contributed by atoms with Gasteiger partial charge in [0.15, 0.2) is 0 Å². The topological polar surface area (TPSA) is 12.5 Å². The van der Waals surface area contributed by atoms with E-state index in [0.717, 1.165) is 5.92 Å². The van der Waals surface area contributed by atoms with E-state index in [1.165, 1.54) is 25.7 Å². The van der Waals surface area contributed by atoms with E-state index in [-0.39, 0.29) is 0 Å². The van der Waals surface area contributed by atoms with Crippen LogP contribution in [0.15, 0.2) is 0 Å². The van der Waals surface area contributed by atoms with Gasteiger partial charge < -0.3 is 4.74 Å². The third kappa shape index (κ3) is 0.658. The summed E-state index contributed by atoms with van der Waals surface area (Å²) in [6, 6.07) is 0. The second-order valence-electron chi connectivity index (χ2n) is 5.24. The molecule has 1 aliphatic heterocycles. The molecule has 2 bridgehead atoms. The largest absolute Gasteiger partial charge is 0.366 e. The Morgan fingerprint density at radius 1 is 1.27 bits per heavy atom. The van der Waals surface area contributed by atoms with Gasteiger partial charge in [0.25, 0.3) is 0 Å². The van der Waals surface area contributed by atoms with Crippen molar-refractivity contribution in [2.45, 2.75) is 51.2 Å². The van der Waals surface area contributed by atoms with E-state index in [2.05, 4.69) is 13.8 Å². The van der Waals surface area contributed by atoms with E-state index in [1.54, 1.807) is 0 Å². The molecule has 3 rings (SSSR count). The second-order valence-corrected chi connectivity index (χ2v) is 5.24. The molecule has 3 aliphatic rings. The van der Waals surface area contributed by atoms with E-state index >= 15 is 0 Å². The first kappa shape index (κ1) is 6.47. The summed E-state index contributed by atoms with van der Waals surface area (Å²) in [7, 11) is 0. The van der Waals surface area contributed by atoms with Gasteiger partial charge in [0, 0.05) is 0 Å². The van der Waals surface area contributed by atoms with Gasteiger partial charge in [-0.15, -0.1) is 0 Å². The van der Waals surface area contributed by atoms with E-state index in [0.29, 0.717) is 17.1 Å². The van der Waals surface area contributed by atoms with Gasteiger partial charge in [-0.05, 0) is 43.9 Å². The van der Waals surface area contributed by atoms with Crippen molar-refractivity contribution >= 4 is 0 Å². The van der Waals surface area contributed by atoms with Crippen molar-refractivity contribution in [2.75, 3.05) is 0 Å². The van der Waals surface area contributed by atoms with E-state index in [4.69, 9.17) is 4.74 Å². The molecule has 62 valence electrons. The maximum atomic E-state index is 5.76. The molecule has 1 heterocycles. The molecule has 0 aromatic heterocycles. The quantitative estimate of drug-likeness (QED) is 0.485. The highest BCUT2D eigenvalue weighted by atomic mass is 16.6. The Hall–Kier alpha value is -0.0400. The summed E-state index contributed by atoms with van der Waals surface area (Å²) in [5.74, 6) is 0.895. The van der Waals surface area contributed by atoms with Gasteiger partial charge >= 0.3 is 0 Å². The molecule has 3 fully saturated rings. The fourth-order valence-corrected chi connectivity index (χ4v) is 3.32. The predicted octanol–water partition coefficient (Wildman–Crippen LogP) is 2.35. The maximum absolute atomic E-state index is 5.76. The molecule has 0 aromatic rings. The summed E-state index contributed by atoms with van der Waals surface area (Å²) in [5, 5.41) is 0. The van der Waals surface area contributed by atoms with Crippen molar-refractivity contribution in [1.82, 2.24) is 0 Å². The summed E-state index contributed by atoms with van der Waals surface area (Å²) in [6.07, 6.45) is 6.27. The average Bonchev–Trinajstić information content (AvgIpc) is 2.38. The van der Waals surface area contributed by atoms with Crippen molar-refractivity contribution in [3.63, 3.8) is 0 Å². The van der Waals surface area contributed by atoms with Gasteiger partial charge in [0.05, 0.1) is 11.7 Å². The number of rotatable bonds is 0. The van der Waals surface area contributed by atoms with Crippen LogP contribution in [-0.2, 0) is 4.74 Å². The molecule has 4 unspecified atom stereocenters. The van der Waals surface area contributed by atoms with Gasteiger partial charge in [-0.3, -0.25) is 0 Å². The van der Waals surface area contributed by atoms with Gasteiger partial charge in [0.1, 0.15) is 0 Å². The van der Waals surface area contributed by atoms with Crippen molar-refractivity contribution in [3.8, 4) is 0 Å². The molecule has 1 heteroatoms. The molecular formula is C10H16O. The molecule has 0 amide bonds. The highest BCUT2D eigenvalue weighted by Crippen LogP contribution is 2.63. The standard InChI is InChI=1S/C10H16O/c1-9-4-3-7(5-9)10(2)8(6-9)11-10/h7-8H,3-6H2,1-2H3. The normalized spacial score (nSPS) is 66.0. The summed E-state index contributed by atoms with van der Waals surface area (Å²) in [6.45, 7) is 4.75. The molecule has 1 saturated heterocycles.